The summed E-state index contributed by atoms with van der Waals surface area (Å²) in [5, 5.41) is 8.80. The Kier molecular flexibility index (Phi) is 3.57. The van der Waals surface area contributed by atoms with Crippen LogP contribution >= 0.6 is 11.5 Å². The zero-order valence-electron chi connectivity index (χ0n) is 12.8. The number of aryl methyl sites for hydroxylation is 1. The molecule has 0 bridgehead atoms. The summed E-state index contributed by atoms with van der Waals surface area (Å²) in [4.78, 5) is 18.6. The van der Waals surface area contributed by atoms with E-state index in [1.54, 1.807) is 21.6 Å². The number of carbonyl (C=O) groups excluding carboxylic acids is 1. The third-order valence-electron chi connectivity index (χ3n) is 3.83. The fraction of sp³-hybridized carbons (Fsp3) is 0.267. The predicted molar refractivity (Wildman–Crippen MR) is 84.8 cm³/mol. The molecule has 0 saturated carbocycles. The number of rotatable bonds is 3. The van der Waals surface area contributed by atoms with Gasteiger partial charge in [0.15, 0.2) is 10.8 Å². The van der Waals surface area contributed by atoms with Gasteiger partial charge >= 0.3 is 0 Å². The molecule has 1 aliphatic heterocycles. The first-order valence-electron chi connectivity index (χ1n) is 7.39. The van der Waals surface area contributed by atoms with Gasteiger partial charge in [-0.1, -0.05) is 12.1 Å². The molecule has 3 aromatic rings. The first-order valence-corrected chi connectivity index (χ1v) is 8.17. The number of carbonyl (C=O) groups is 1. The number of amides is 1. The summed E-state index contributed by atoms with van der Waals surface area (Å²) in [5.74, 6) is 1.06. The van der Waals surface area contributed by atoms with Crippen LogP contribution in [0.1, 0.15) is 22.0 Å². The van der Waals surface area contributed by atoms with E-state index in [1.165, 1.54) is 23.7 Å². The molecule has 1 aromatic carbocycles. The van der Waals surface area contributed by atoms with Crippen LogP contribution < -0.4 is 0 Å². The number of hydrogen-bond acceptors (Lipinski definition) is 6. The highest BCUT2D eigenvalue weighted by Gasteiger charge is 2.30. The molecule has 1 amide bonds. The van der Waals surface area contributed by atoms with E-state index < -0.39 is 0 Å². The highest BCUT2D eigenvalue weighted by Crippen LogP contribution is 2.23. The third-order valence-corrected chi connectivity index (χ3v) is 4.63. The van der Waals surface area contributed by atoms with Crippen molar-refractivity contribution in [2.45, 2.75) is 20.0 Å². The minimum absolute atomic E-state index is 0.189. The first kappa shape index (κ1) is 14.9. The molecule has 7 nitrogen and oxygen atoms in total. The molecule has 4 rings (SSSR count). The van der Waals surface area contributed by atoms with Crippen molar-refractivity contribution in [1.82, 2.24) is 29.0 Å². The standard InChI is InChI=1S/C15H13FN6OS/c1-9-17-14(24-20-9)12-18-19-13-15(23)21(6-7-22(12)13)8-10-2-4-11(16)5-3-10/h2-5H,6-8H2,1H3. The van der Waals surface area contributed by atoms with Crippen LogP contribution in [0.5, 0.6) is 0 Å². The van der Waals surface area contributed by atoms with Crippen LogP contribution in [-0.2, 0) is 13.1 Å². The molecule has 24 heavy (non-hydrogen) atoms. The molecular weight excluding hydrogens is 331 g/mol. The lowest BCUT2D eigenvalue weighted by Crippen LogP contribution is -2.40. The minimum atomic E-state index is -0.291. The summed E-state index contributed by atoms with van der Waals surface area (Å²) in [7, 11) is 0. The number of benzene rings is 1. The van der Waals surface area contributed by atoms with Gasteiger partial charge < -0.3 is 4.90 Å². The van der Waals surface area contributed by atoms with Crippen LogP contribution in [-0.4, -0.2) is 41.5 Å². The van der Waals surface area contributed by atoms with Crippen molar-refractivity contribution in [3.05, 3.63) is 47.3 Å². The van der Waals surface area contributed by atoms with Crippen LogP contribution in [0.25, 0.3) is 10.8 Å². The van der Waals surface area contributed by atoms with Crippen molar-refractivity contribution in [2.75, 3.05) is 6.54 Å². The Morgan fingerprint density at radius 1 is 1.17 bits per heavy atom. The van der Waals surface area contributed by atoms with E-state index in [0.717, 1.165) is 5.56 Å². The highest BCUT2D eigenvalue weighted by atomic mass is 32.1. The lowest BCUT2D eigenvalue weighted by atomic mass is 10.2. The van der Waals surface area contributed by atoms with Gasteiger partial charge in [0.25, 0.3) is 5.91 Å². The summed E-state index contributed by atoms with van der Waals surface area (Å²) < 4.78 is 18.9. The van der Waals surface area contributed by atoms with Crippen molar-refractivity contribution < 1.29 is 9.18 Å². The van der Waals surface area contributed by atoms with Crippen molar-refractivity contribution in [2.24, 2.45) is 0 Å². The molecular formula is C15H13FN6OS. The molecule has 1 aliphatic rings. The summed E-state index contributed by atoms with van der Waals surface area (Å²) in [6, 6.07) is 6.14. The van der Waals surface area contributed by atoms with E-state index in [0.29, 0.717) is 42.1 Å². The van der Waals surface area contributed by atoms with Crippen LogP contribution in [0.15, 0.2) is 24.3 Å². The van der Waals surface area contributed by atoms with Crippen LogP contribution in [0.3, 0.4) is 0 Å². The fourth-order valence-electron chi connectivity index (χ4n) is 2.64. The van der Waals surface area contributed by atoms with Crippen molar-refractivity contribution in [1.29, 1.82) is 0 Å². The molecule has 0 saturated heterocycles. The minimum Gasteiger partial charge on any atom is -0.330 e. The van der Waals surface area contributed by atoms with Gasteiger partial charge in [-0.25, -0.2) is 9.37 Å². The topological polar surface area (TPSA) is 76.8 Å². The number of fused-ring (bicyclic) bond motifs is 1. The summed E-state index contributed by atoms with van der Waals surface area (Å²) in [6.07, 6.45) is 0. The number of nitrogens with zero attached hydrogens (tertiary/aromatic N) is 6. The van der Waals surface area contributed by atoms with Gasteiger partial charge in [-0.3, -0.25) is 9.36 Å². The quantitative estimate of drug-likeness (QED) is 0.725. The van der Waals surface area contributed by atoms with Crippen LogP contribution in [0.4, 0.5) is 4.39 Å². The molecule has 0 atom stereocenters. The molecule has 2 aromatic heterocycles. The Bertz CT molecular complexity index is 903. The maximum Gasteiger partial charge on any atom is 0.292 e. The second-order valence-corrected chi connectivity index (χ2v) is 6.25. The van der Waals surface area contributed by atoms with Gasteiger partial charge in [0.1, 0.15) is 11.6 Å². The van der Waals surface area contributed by atoms with E-state index in [-0.39, 0.29) is 11.7 Å². The van der Waals surface area contributed by atoms with E-state index >= 15 is 0 Å². The van der Waals surface area contributed by atoms with Crippen molar-refractivity contribution >= 4 is 17.4 Å². The van der Waals surface area contributed by atoms with Crippen molar-refractivity contribution in [3.8, 4) is 10.8 Å². The highest BCUT2D eigenvalue weighted by molar-refractivity contribution is 7.09. The average molecular weight is 344 g/mol. The largest absolute Gasteiger partial charge is 0.330 e. The number of halogens is 1. The lowest BCUT2D eigenvalue weighted by Gasteiger charge is -2.27. The van der Waals surface area contributed by atoms with Gasteiger partial charge in [-0.05, 0) is 36.2 Å². The normalized spacial score (nSPS) is 14.1. The van der Waals surface area contributed by atoms with E-state index in [2.05, 4.69) is 19.6 Å². The average Bonchev–Trinajstić information content (AvgIpc) is 3.18. The van der Waals surface area contributed by atoms with E-state index in [1.807, 2.05) is 6.92 Å². The van der Waals surface area contributed by atoms with E-state index in [4.69, 9.17) is 0 Å². The van der Waals surface area contributed by atoms with Gasteiger partial charge in [0.05, 0.1) is 0 Å². The number of hydrogen-bond donors (Lipinski definition) is 0. The van der Waals surface area contributed by atoms with E-state index in [9.17, 15) is 9.18 Å². The summed E-state index contributed by atoms with van der Waals surface area (Å²) >= 11 is 1.24. The summed E-state index contributed by atoms with van der Waals surface area (Å²) in [6.45, 7) is 3.34. The van der Waals surface area contributed by atoms with Crippen LogP contribution in [0, 0.1) is 12.7 Å². The predicted octanol–water partition coefficient (Wildman–Crippen LogP) is 1.90. The monoisotopic (exact) mass is 344 g/mol. The maximum absolute atomic E-state index is 13.0. The first-order chi connectivity index (χ1) is 11.6. The molecule has 122 valence electrons. The SMILES string of the molecule is Cc1nsc(-c2nnc3n2CCN(Cc2ccc(F)cc2)C3=O)n1. The smallest absolute Gasteiger partial charge is 0.292 e. The van der Waals surface area contributed by atoms with Crippen molar-refractivity contribution in [3.63, 3.8) is 0 Å². The van der Waals surface area contributed by atoms with Gasteiger partial charge in [0, 0.05) is 19.6 Å². The van der Waals surface area contributed by atoms with Gasteiger partial charge in [-0.2, -0.15) is 4.37 Å². The van der Waals surface area contributed by atoms with Gasteiger partial charge in [-0.15, -0.1) is 10.2 Å². The third kappa shape index (κ3) is 2.56. The lowest BCUT2D eigenvalue weighted by molar-refractivity contribution is 0.0683. The Morgan fingerprint density at radius 2 is 1.92 bits per heavy atom. The summed E-state index contributed by atoms with van der Waals surface area (Å²) in [5.41, 5.74) is 0.873. The Balaban J connectivity index is 1.59. The molecule has 0 spiro atoms. The Morgan fingerprint density at radius 3 is 2.62 bits per heavy atom. The molecule has 3 heterocycles. The molecule has 0 aliphatic carbocycles. The number of aromatic nitrogens is 5. The second kappa shape index (κ2) is 5.75. The fourth-order valence-corrected chi connectivity index (χ4v) is 3.31. The van der Waals surface area contributed by atoms with Gasteiger partial charge in [0.2, 0.25) is 5.82 Å². The molecule has 0 unspecified atom stereocenters. The zero-order chi connectivity index (χ0) is 16.7. The maximum atomic E-state index is 13.0. The zero-order valence-corrected chi connectivity index (χ0v) is 13.6. The molecule has 0 radical (unpaired) electrons. The Labute approximate surface area is 140 Å². The molecule has 0 fully saturated rings. The Hall–Kier alpha value is -2.68. The van der Waals surface area contributed by atoms with Crippen LogP contribution in [0.2, 0.25) is 0 Å². The second-order valence-electron chi connectivity index (χ2n) is 5.50. The molecule has 9 heteroatoms. The molecule has 0 N–H and O–H groups in total.